The smallest absolute Gasteiger partial charge is 0.313 e. The first-order chi connectivity index (χ1) is 8.08. The molecule has 90 valence electrons. The predicted octanol–water partition coefficient (Wildman–Crippen LogP) is 0.997. The number of carboxylic acid groups (broad SMARTS) is 1. The van der Waals surface area contributed by atoms with Gasteiger partial charge in [0.25, 0.3) is 0 Å². The molecule has 0 radical (unpaired) electrons. The molecule has 0 aliphatic heterocycles. The van der Waals surface area contributed by atoms with Crippen molar-refractivity contribution in [2.24, 2.45) is 14.1 Å². The summed E-state index contributed by atoms with van der Waals surface area (Å²) in [4.78, 5) is 10.5. The van der Waals surface area contributed by atoms with E-state index in [1.54, 1.807) is 22.6 Å². The highest BCUT2D eigenvalue weighted by atomic mass is 32.2. The zero-order valence-electron chi connectivity index (χ0n) is 9.49. The maximum atomic E-state index is 10.5. The molecule has 2 heterocycles. The lowest BCUT2D eigenvalue weighted by Crippen LogP contribution is -2.00. The van der Waals surface area contributed by atoms with Gasteiger partial charge in [-0.15, -0.1) is 0 Å². The number of aryl methyl sites for hydroxylation is 2. The number of carboxylic acids is 1. The molecule has 2 aromatic heterocycles. The van der Waals surface area contributed by atoms with Crippen molar-refractivity contribution < 1.29 is 9.90 Å². The molecule has 0 spiro atoms. The molecule has 0 bridgehead atoms. The monoisotopic (exact) mass is 252 g/mol. The Hall–Kier alpha value is -1.76. The number of nitrogens with zero attached hydrogens (tertiary/aromatic N) is 4. The van der Waals surface area contributed by atoms with Gasteiger partial charge in [0, 0.05) is 20.3 Å². The fraction of sp³-hybridized carbons (Fsp3) is 0.300. The summed E-state index contributed by atoms with van der Waals surface area (Å²) >= 11 is 1.25. The second kappa shape index (κ2) is 4.62. The topological polar surface area (TPSA) is 72.9 Å². The van der Waals surface area contributed by atoms with Gasteiger partial charge in [0.2, 0.25) is 0 Å². The van der Waals surface area contributed by atoms with Gasteiger partial charge in [-0.25, -0.2) is 0 Å². The van der Waals surface area contributed by atoms with Gasteiger partial charge in [-0.1, -0.05) is 11.8 Å². The van der Waals surface area contributed by atoms with Crippen molar-refractivity contribution in [2.45, 2.75) is 5.03 Å². The molecule has 0 atom stereocenters. The lowest BCUT2D eigenvalue weighted by Gasteiger charge is -1.96. The van der Waals surface area contributed by atoms with E-state index < -0.39 is 5.97 Å². The molecule has 17 heavy (non-hydrogen) atoms. The van der Waals surface area contributed by atoms with Crippen LogP contribution in [0.5, 0.6) is 0 Å². The Kier molecular flexibility index (Phi) is 3.19. The number of aliphatic carboxylic acids is 1. The number of hydrogen-bond acceptors (Lipinski definition) is 4. The second-order valence-corrected chi connectivity index (χ2v) is 4.51. The molecule has 0 amide bonds. The van der Waals surface area contributed by atoms with Crippen LogP contribution in [0.1, 0.15) is 0 Å². The lowest BCUT2D eigenvalue weighted by molar-refractivity contribution is -0.133. The van der Waals surface area contributed by atoms with E-state index in [4.69, 9.17) is 5.11 Å². The van der Waals surface area contributed by atoms with Crippen LogP contribution >= 0.6 is 11.8 Å². The molecule has 6 nitrogen and oxygen atoms in total. The molecule has 0 aliphatic rings. The normalized spacial score (nSPS) is 10.7. The Morgan fingerprint density at radius 1 is 1.47 bits per heavy atom. The summed E-state index contributed by atoms with van der Waals surface area (Å²) in [7, 11) is 3.64. The van der Waals surface area contributed by atoms with Crippen LogP contribution in [0.15, 0.2) is 23.4 Å². The average Bonchev–Trinajstić information content (AvgIpc) is 2.82. The number of aromatic nitrogens is 4. The van der Waals surface area contributed by atoms with Crippen molar-refractivity contribution in [2.75, 3.05) is 5.75 Å². The second-order valence-electron chi connectivity index (χ2n) is 3.51. The van der Waals surface area contributed by atoms with E-state index in [-0.39, 0.29) is 5.75 Å². The molecule has 2 aromatic rings. The van der Waals surface area contributed by atoms with Gasteiger partial charge in [0.05, 0.1) is 16.5 Å². The standard InChI is InChI=1S/C10H12N4O2S/c1-13-8(3-4-11-13)7-5-9(14(2)12-7)17-6-10(15)16/h3-5H,6H2,1-2H3,(H,15,16). The Balaban J connectivity index is 2.24. The molecule has 0 fully saturated rings. The van der Waals surface area contributed by atoms with E-state index in [1.165, 1.54) is 11.8 Å². The molecular formula is C10H12N4O2S. The third-order valence-electron chi connectivity index (χ3n) is 2.26. The predicted molar refractivity (Wildman–Crippen MR) is 63.8 cm³/mol. The zero-order valence-corrected chi connectivity index (χ0v) is 10.3. The van der Waals surface area contributed by atoms with Crippen LogP contribution in [0.2, 0.25) is 0 Å². The number of hydrogen-bond donors (Lipinski definition) is 1. The highest BCUT2D eigenvalue weighted by molar-refractivity contribution is 7.99. The zero-order chi connectivity index (χ0) is 12.4. The minimum atomic E-state index is -0.835. The molecule has 7 heteroatoms. The fourth-order valence-corrected chi connectivity index (χ4v) is 2.17. The molecule has 0 saturated carbocycles. The van der Waals surface area contributed by atoms with E-state index in [2.05, 4.69) is 10.2 Å². The summed E-state index contributed by atoms with van der Waals surface area (Å²) in [5.74, 6) is -0.803. The SMILES string of the molecule is Cn1nc(-c2ccnn2C)cc1SCC(=O)O. The highest BCUT2D eigenvalue weighted by Crippen LogP contribution is 2.24. The van der Waals surface area contributed by atoms with Gasteiger partial charge in [-0.2, -0.15) is 10.2 Å². The molecule has 0 aliphatic carbocycles. The van der Waals surface area contributed by atoms with E-state index in [0.29, 0.717) is 0 Å². The molecule has 2 rings (SSSR count). The maximum absolute atomic E-state index is 10.5. The van der Waals surface area contributed by atoms with Crippen LogP contribution in [-0.2, 0) is 18.9 Å². The Morgan fingerprint density at radius 3 is 2.82 bits per heavy atom. The van der Waals surface area contributed by atoms with Gasteiger partial charge in [0.15, 0.2) is 0 Å². The Bertz CT molecular complexity index is 546. The van der Waals surface area contributed by atoms with Crippen LogP contribution in [0.3, 0.4) is 0 Å². The van der Waals surface area contributed by atoms with Gasteiger partial charge < -0.3 is 5.11 Å². The molecule has 0 aromatic carbocycles. The first-order valence-electron chi connectivity index (χ1n) is 4.95. The summed E-state index contributed by atoms with van der Waals surface area (Å²) in [5, 5.41) is 17.9. The van der Waals surface area contributed by atoms with Gasteiger partial charge in [-0.05, 0) is 12.1 Å². The minimum Gasteiger partial charge on any atom is -0.481 e. The van der Waals surface area contributed by atoms with Gasteiger partial charge in [0.1, 0.15) is 5.69 Å². The molecule has 1 N–H and O–H groups in total. The summed E-state index contributed by atoms with van der Waals surface area (Å²) in [6.45, 7) is 0. The van der Waals surface area contributed by atoms with Gasteiger partial charge in [-0.3, -0.25) is 14.2 Å². The van der Waals surface area contributed by atoms with E-state index in [9.17, 15) is 4.79 Å². The van der Waals surface area contributed by atoms with Crippen molar-refractivity contribution in [1.29, 1.82) is 0 Å². The first-order valence-corrected chi connectivity index (χ1v) is 5.93. The van der Waals surface area contributed by atoms with Crippen LogP contribution in [0, 0.1) is 0 Å². The fourth-order valence-electron chi connectivity index (χ4n) is 1.47. The van der Waals surface area contributed by atoms with E-state index >= 15 is 0 Å². The first kappa shape index (κ1) is 11.7. The van der Waals surface area contributed by atoms with Crippen LogP contribution in [0.4, 0.5) is 0 Å². The number of thioether (sulfide) groups is 1. The van der Waals surface area contributed by atoms with Gasteiger partial charge >= 0.3 is 5.97 Å². The Labute approximate surface area is 102 Å². The summed E-state index contributed by atoms with van der Waals surface area (Å²) in [6.07, 6.45) is 1.70. The maximum Gasteiger partial charge on any atom is 0.313 e. The van der Waals surface area contributed by atoms with E-state index in [0.717, 1.165) is 16.4 Å². The van der Waals surface area contributed by atoms with Crippen molar-refractivity contribution in [3.8, 4) is 11.4 Å². The average molecular weight is 252 g/mol. The van der Waals surface area contributed by atoms with Crippen LogP contribution < -0.4 is 0 Å². The largest absolute Gasteiger partial charge is 0.481 e. The Morgan fingerprint density at radius 2 is 2.24 bits per heavy atom. The summed E-state index contributed by atoms with van der Waals surface area (Å²) < 4.78 is 3.41. The minimum absolute atomic E-state index is 0.0321. The van der Waals surface area contributed by atoms with Crippen LogP contribution in [-0.4, -0.2) is 36.4 Å². The van der Waals surface area contributed by atoms with Crippen molar-refractivity contribution in [3.05, 3.63) is 18.3 Å². The summed E-state index contributed by atoms with van der Waals surface area (Å²) in [5.41, 5.74) is 1.70. The number of rotatable bonds is 4. The lowest BCUT2D eigenvalue weighted by atomic mass is 10.3. The molecular weight excluding hydrogens is 240 g/mol. The van der Waals surface area contributed by atoms with Crippen molar-refractivity contribution >= 4 is 17.7 Å². The molecule has 0 unspecified atom stereocenters. The quantitative estimate of drug-likeness (QED) is 0.822. The molecule has 0 saturated heterocycles. The third kappa shape index (κ3) is 2.50. The van der Waals surface area contributed by atoms with Crippen molar-refractivity contribution in [3.63, 3.8) is 0 Å². The van der Waals surface area contributed by atoms with Crippen molar-refractivity contribution in [1.82, 2.24) is 19.6 Å². The third-order valence-corrected chi connectivity index (χ3v) is 3.33. The summed E-state index contributed by atoms with van der Waals surface area (Å²) in [6, 6.07) is 3.73. The van der Waals surface area contributed by atoms with Crippen LogP contribution in [0.25, 0.3) is 11.4 Å². The van der Waals surface area contributed by atoms with E-state index in [1.807, 2.05) is 19.2 Å². The number of carbonyl (C=O) groups is 1. The highest BCUT2D eigenvalue weighted by Gasteiger charge is 2.11.